The maximum absolute atomic E-state index is 13.0. The Balaban J connectivity index is 2.08. The van der Waals surface area contributed by atoms with E-state index >= 15 is 0 Å². The molecule has 3 aromatic rings. The van der Waals surface area contributed by atoms with Crippen molar-refractivity contribution >= 4 is 5.69 Å². The minimum atomic E-state index is -0.591. The first-order chi connectivity index (χ1) is 13.9. The highest BCUT2D eigenvalue weighted by atomic mass is 16.6. The third-order valence-corrected chi connectivity index (χ3v) is 4.54. The molecule has 150 valence electrons. The third kappa shape index (κ3) is 4.12. The molecule has 0 aliphatic heterocycles. The first-order valence-corrected chi connectivity index (χ1v) is 8.92. The van der Waals surface area contributed by atoms with Crippen molar-refractivity contribution in [3.8, 4) is 22.8 Å². The first kappa shape index (κ1) is 20.1. The number of aromatic nitrogens is 1. The van der Waals surface area contributed by atoms with Crippen LogP contribution < -0.4 is 10.3 Å². The molecule has 29 heavy (non-hydrogen) atoms. The second-order valence-electron chi connectivity index (χ2n) is 6.41. The molecule has 0 aliphatic carbocycles. The molecule has 8 heteroatoms. The molecule has 0 saturated heterocycles. The molecule has 0 radical (unpaired) electrons. The molecular weight excluding hydrogens is 376 g/mol. The topological polar surface area (TPSA) is 115 Å². The lowest BCUT2D eigenvalue weighted by atomic mass is 10.0. The predicted octanol–water partition coefficient (Wildman–Crippen LogP) is 3.01. The van der Waals surface area contributed by atoms with Crippen LogP contribution in [0.25, 0.3) is 11.3 Å². The van der Waals surface area contributed by atoms with Gasteiger partial charge in [-0.3, -0.25) is 14.9 Å². The lowest BCUT2D eigenvalue weighted by Crippen LogP contribution is -2.26. The van der Waals surface area contributed by atoms with Gasteiger partial charge in [-0.25, -0.2) is 0 Å². The summed E-state index contributed by atoms with van der Waals surface area (Å²) in [7, 11) is 0. The van der Waals surface area contributed by atoms with E-state index in [0.717, 1.165) is 5.56 Å². The van der Waals surface area contributed by atoms with Crippen LogP contribution in [-0.2, 0) is 13.2 Å². The van der Waals surface area contributed by atoms with Crippen molar-refractivity contribution in [3.63, 3.8) is 0 Å². The van der Waals surface area contributed by atoms with Crippen molar-refractivity contribution in [2.75, 3.05) is 6.61 Å². The molecule has 8 nitrogen and oxygen atoms in total. The van der Waals surface area contributed by atoms with E-state index in [9.17, 15) is 25.1 Å². The Hall–Kier alpha value is -3.65. The molecule has 0 saturated carbocycles. The average Bonchev–Trinajstić information content (AvgIpc) is 2.73. The van der Waals surface area contributed by atoms with E-state index in [1.54, 1.807) is 6.92 Å². The number of rotatable bonds is 7. The summed E-state index contributed by atoms with van der Waals surface area (Å²) in [6.45, 7) is 1.39. The van der Waals surface area contributed by atoms with Crippen LogP contribution in [0, 0.1) is 17.0 Å². The van der Waals surface area contributed by atoms with Gasteiger partial charge in [-0.15, -0.1) is 0 Å². The van der Waals surface area contributed by atoms with Crippen LogP contribution in [0.2, 0.25) is 0 Å². The van der Waals surface area contributed by atoms with E-state index in [1.807, 2.05) is 30.3 Å². The summed E-state index contributed by atoms with van der Waals surface area (Å²) in [5, 5.41) is 31.0. The number of hydrogen-bond acceptors (Lipinski definition) is 6. The van der Waals surface area contributed by atoms with Gasteiger partial charge in [-0.05, 0) is 30.2 Å². The molecular formula is C21H20N2O6. The number of pyridine rings is 1. The molecule has 0 unspecified atom stereocenters. The van der Waals surface area contributed by atoms with E-state index in [1.165, 1.54) is 28.8 Å². The van der Waals surface area contributed by atoms with Crippen molar-refractivity contribution in [2.45, 2.75) is 20.1 Å². The maximum Gasteiger partial charge on any atom is 0.297 e. The van der Waals surface area contributed by atoms with Crippen LogP contribution in [-0.4, -0.2) is 26.3 Å². The lowest BCUT2D eigenvalue weighted by Gasteiger charge is -2.19. The van der Waals surface area contributed by atoms with E-state index in [2.05, 4.69) is 0 Å². The van der Waals surface area contributed by atoms with Crippen molar-refractivity contribution in [1.29, 1.82) is 0 Å². The summed E-state index contributed by atoms with van der Waals surface area (Å²) in [6.07, 6.45) is 0. The smallest absolute Gasteiger partial charge is 0.297 e. The molecule has 1 heterocycles. The Morgan fingerprint density at radius 2 is 1.76 bits per heavy atom. The van der Waals surface area contributed by atoms with Gasteiger partial charge < -0.3 is 19.5 Å². The number of non-ortho nitro benzene ring substituents is 1. The van der Waals surface area contributed by atoms with E-state index in [0.29, 0.717) is 16.8 Å². The fourth-order valence-corrected chi connectivity index (χ4v) is 3.10. The molecule has 0 bridgehead atoms. The van der Waals surface area contributed by atoms with Crippen molar-refractivity contribution < 1.29 is 19.9 Å². The fourth-order valence-electron chi connectivity index (χ4n) is 3.10. The molecule has 0 aliphatic rings. The van der Waals surface area contributed by atoms with Crippen LogP contribution in [0.5, 0.6) is 11.5 Å². The first-order valence-electron chi connectivity index (χ1n) is 8.92. The van der Waals surface area contributed by atoms with Crippen LogP contribution >= 0.6 is 0 Å². The van der Waals surface area contributed by atoms with Crippen molar-refractivity contribution in [2.24, 2.45) is 0 Å². The molecule has 3 rings (SSSR count). The maximum atomic E-state index is 13.0. The van der Waals surface area contributed by atoms with E-state index in [4.69, 9.17) is 4.74 Å². The number of aliphatic hydroxyl groups is 1. The Bertz CT molecular complexity index is 1080. The van der Waals surface area contributed by atoms with Gasteiger partial charge >= 0.3 is 0 Å². The molecule has 2 N–H and O–H groups in total. The van der Waals surface area contributed by atoms with Crippen LogP contribution in [0.3, 0.4) is 0 Å². The quantitative estimate of drug-likeness (QED) is 0.469. The van der Waals surface area contributed by atoms with Gasteiger partial charge in [0, 0.05) is 24.2 Å². The normalized spacial score (nSPS) is 10.7. The highest BCUT2D eigenvalue weighted by Gasteiger charge is 2.22. The fraction of sp³-hybridized carbons (Fsp3) is 0.190. The summed E-state index contributed by atoms with van der Waals surface area (Å²) in [5.41, 5.74) is 1.39. The number of ether oxygens (including phenoxy) is 1. The molecule has 1 aromatic heterocycles. The van der Waals surface area contributed by atoms with Gasteiger partial charge in [0.2, 0.25) is 5.75 Å². The van der Waals surface area contributed by atoms with Gasteiger partial charge in [-0.1, -0.05) is 30.3 Å². The SMILES string of the molecule is Cc1c(O)c(OCc2ccccc2)c(=O)n(CCO)c1-c1ccc([N+](=O)[O-])cc1. The molecule has 0 spiro atoms. The van der Waals surface area contributed by atoms with Gasteiger partial charge in [0.1, 0.15) is 6.61 Å². The Kier molecular flexibility index (Phi) is 5.94. The Labute approximate surface area is 166 Å². The number of nitro benzene ring substituents is 1. The summed E-state index contributed by atoms with van der Waals surface area (Å²) in [5.74, 6) is -0.501. The summed E-state index contributed by atoms with van der Waals surface area (Å²) in [4.78, 5) is 23.4. The zero-order valence-corrected chi connectivity index (χ0v) is 15.7. The van der Waals surface area contributed by atoms with Crippen LogP contribution in [0.1, 0.15) is 11.1 Å². The number of nitro groups is 1. The second kappa shape index (κ2) is 8.57. The van der Waals surface area contributed by atoms with Gasteiger partial charge in [0.05, 0.1) is 17.2 Å². The standard InChI is InChI=1S/C21H20N2O6/c1-14-18(16-7-9-17(10-8-16)23(27)28)22(11-12-24)21(26)20(19(14)25)29-13-15-5-3-2-4-6-15/h2-10,24-25H,11-13H2,1H3. The van der Waals surface area contributed by atoms with Gasteiger partial charge in [0.25, 0.3) is 11.2 Å². The predicted molar refractivity (Wildman–Crippen MR) is 107 cm³/mol. The van der Waals surface area contributed by atoms with Crippen LogP contribution in [0.15, 0.2) is 59.4 Å². The van der Waals surface area contributed by atoms with Crippen LogP contribution in [0.4, 0.5) is 5.69 Å². The highest BCUT2D eigenvalue weighted by molar-refractivity contribution is 5.69. The van der Waals surface area contributed by atoms with Crippen molar-refractivity contribution in [3.05, 3.63) is 86.2 Å². The minimum absolute atomic E-state index is 0.0199. The lowest BCUT2D eigenvalue weighted by molar-refractivity contribution is -0.384. The third-order valence-electron chi connectivity index (χ3n) is 4.54. The Morgan fingerprint density at radius 3 is 2.34 bits per heavy atom. The number of benzene rings is 2. The molecule has 0 amide bonds. The molecule has 0 fully saturated rings. The number of aliphatic hydroxyl groups excluding tert-OH is 1. The highest BCUT2D eigenvalue weighted by Crippen LogP contribution is 2.35. The van der Waals surface area contributed by atoms with E-state index < -0.39 is 10.5 Å². The zero-order chi connectivity index (χ0) is 21.0. The van der Waals surface area contributed by atoms with Gasteiger partial charge in [-0.2, -0.15) is 0 Å². The monoisotopic (exact) mass is 396 g/mol. The summed E-state index contributed by atoms with van der Waals surface area (Å²) < 4.78 is 6.91. The minimum Gasteiger partial charge on any atom is -0.504 e. The second-order valence-corrected chi connectivity index (χ2v) is 6.41. The summed E-state index contributed by atoms with van der Waals surface area (Å²) in [6, 6.07) is 14.8. The number of aromatic hydroxyl groups is 1. The summed E-state index contributed by atoms with van der Waals surface area (Å²) >= 11 is 0. The number of nitrogens with zero attached hydrogens (tertiary/aromatic N) is 2. The molecule has 0 atom stereocenters. The van der Waals surface area contributed by atoms with Crippen molar-refractivity contribution in [1.82, 2.24) is 4.57 Å². The average molecular weight is 396 g/mol. The van der Waals surface area contributed by atoms with Gasteiger partial charge in [0.15, 0.2) is 5.75 Å². The molecule has 2 aromatic carbocycles. The number of hydrogen-bond donors (Lipinski definition) is 2. The Morgan fingerprint density at radius 1 is 1.10 bits per heavy atom. The largest absolute Gasteiger partial charge is 0.504 e. The zero-order valence-electron chi connectivity index (χ0n) is 15.7. The van der Waals surface area contributed by atoms with E-state index in [-0.39, 0.29) is 36.9 Å².